The van der Waals surface area contributed by atoms with E-state index in [1.54, 1.807) is 0 Å². The highest BCUT2D eigenvalue weighted by Gasteiger charge is 2.36. The predicted octanol–water partition coefficient (Wildman–Crippen LogP) is 2.40. The van der Waals surface area contributed by atoms with Crippen molar-refractivity contribution in [3.05, 3.63) is 52.3 Å². The number of hydrogen-bond acceptors (Lipinski definition) is 3. The van der Waals surface area contributed by atoms with E-state index in [4.69, 9.17) is 0 Å². The zero-order valence-electron chi connectivity index (χ0n) is 16.5. The molecule has 2 N–H and O–H groups in total. The van der Waals surface area contributed by atoms with Crippen LogP contribution in [0.4, 0.5) is 0 Å². The predicted molar refractivity (Wildman–Crippen MR) is 104 cm³/mol. The number of aromatic nitrogens is 2. The zero-order chi connectivity index (χ0) is 19.6. The summed E-state index contributed by atoms with van der Waals surface area (Å²) >= 11 is 0. The molecular formula is C21H28N4O2. The standard InChI is InChI=1S/C21H28N4O2/c1-13-5-7-17(8-6-13)19-11-25(12-20(19)22-16(4)26)21(27)10-9-18-14(2)23-24-15(18)3/h5-8,19-20H,9-12H2,1-4H3,(H,22,26)(H,23,24)/t19-,20+/m1/s1. The largest absolute Gasteiger partial charge is 0.351 e. The third-order valence-electron chi connectivity index (χ3n) is 5.44. The van der Waals surface area contributed by atoms with Crippen LogP contribution in [0.1, 0.15) is 47.3 Å². The number of H-pyrrole nitrogens is 1. The first-order chi connectivity index (χ1) is 12.8. The van der Waals surface area contributed by atoms with Crippen LogP contribution >= 0.6 is 0 Å². The van der Waals surface area contributed by atoms with Gasteiger partial charge >= 0.3 is 0 Å². The van der Waals surface area contributed by atoms with Crippen LogP contribution in [0.3, 0.4) is 0 Å². The Bertz CT molecular complexity index is 806. The van der Waals surface area contributed by atoms with Crippen molar-refractivity contribution >= 4 is 11.8 Å². The quantitative estimate of drug-likeness (QED) is 0.851. The molecule has 6 heteroatoms. The Morgan fingerprint density at radius 3 is 2.48 bits per heavy atom. The Kier molecular flexibility index (Phi) is 5.63. The number of carbonyl (C=O) groups is 2. The van der Waals surface area contributed by atoms with Crippen LogP contribution in [0.5, 0.6) is 0 Å². The van der Waals surface area contributed by atoms with Crippen LogP contribution in [-0.2, 0) is 16.0 Å². The van der Waals surface area contributed by atoms with E-state index in [0.29, 0.717) is 25.9 Å². The average molecular weight is 368 g/mol. The van der Waals surface area contributed by atoms with Gasteiger partial charge in [0.1, 0.15) is 0 Å². The lowest BCUT2D eigenvalue weighted by molar-refractivity contribution is -0.130. The van der Waals surface area contributed by atoms with Crippen LogP contribution in [0.2, 0.25) is 0 Å². The maximum atomic E-state index is 12.8. The maximum Gasteiger partial charge on any atom is 0.222 e. The van der Waals surface area contributed by atoms with Crippen LogP contribution in [-0.4, -0.2) is 46.0 Å². The molecule has 1 aliphatic heterocycles. The third-order valence-corrected chi connectivity index (χ3v) is 5.44. The lowest BCUT2D eigenvalue weighted by Crippen LogP contribution is -2.39. The topological polar surface area (TPSA) is 78.1 Å². The number of nitrogens with zero attached hydrogens (tertiary/aromatic N) is 2. The first kappa shape index (κ1) is 19.1. The highest BCUT2D eigenvalue weighted by Crippen LogP contribution is 2.29. The third kappa shape index (κ3) is 4.38. The van der Waals surface area contributed by atoms with Crippen LogP contribution < -0.4 is 5.32 Å². The van der Waals surface area contributed by atoms with Gasteiger partial charge in [-0.1, -0.05) is 29.8 Å². The minimum Gasteiger partial charge on any atom is -0.351 e. The molecule has 2 atom stereocenters. The van der Waals surface area contributed by atoms with Gasteiger partial charge < -0.3 is 10.2 Å². The monoisotopic (exact) mass is 368 g/mol. The van der Waals surface area contributed by atoms with E-state index in [2.05, 4.69) is 46.7 Å². The Hall–Kier alpha value is -2.63. The second-order valence-electron chi connectivity index (χ2n) is 7.54. The van der Waals surface area contributed by atoms with Gasteiger partial charge in [0.2, 0.25) is 11.8 Å². The summed E-state index contributed by atoms with van der Waals surface area (Å²) in [5.74, 6) is 0.187. The number of likely N-dealkylation sites (tertiary alicyclic amines) is 1. The van der Waals surface area contributed by atoms with Crippen molar-refractivity contribution in [3.63, 3.8) is 0 Å². The van der Waals surface area contributed by atoms with E-state index < -0.39 is 0 Å². The highest BCUT2D eigenvalue weighted by atomic mass is 16.2. The lowest BCUT2D eigenvalue weighted by atomic mass is 9.93. The summed E-state index contributed by atoms with van der Waals surface area (Å²) in [5.41, 5.74) is 5.46. The van der Waals surface area contributed by atoms with Crippen LogP contribution in [0, 0.1) is 20.8 Å². The molecule has 0 saturated carbocycles. The fourth-order valence-corrected chi connectivity index (χ4v) is 3.90. The molecule has 0 aliphatic carbocycles. The van der Waals surface area contributed by atoms with E-state index in [1.165, 1.54) is 12.5 Å². The normalized spacial score (nSPS) is 19.3. The molecule has 6 nitrogen and oxygen atoms in total. The van der Waals surface area contributed by atoms with Crippen molar-refractivity contribution in [2.75, 3.05) is 13.1 Å². The van der Waals surface area contributed by atoms with Gasteiger partial charge in [0, 0.05) is 38.0 Å². The number of benzene rings is 1. The number of hydrogen-bond donors (Lipinski definition) is 2. The zero-order valence-corrected chi connectivity index (χ0v) is 16.5. The van der Waals surface area contributed by atoms with Crippen molar-refractivity contribution in [1.29, 1.82) is 0 Å². The second-order valence-corrected chi connectivity index (χ2v) is 7.54. The minimum absolute atomic E-state index is 0.0495. The molecule has 1 fully saturated rings. The molecule has 27 heavy (non-hydrogen) atoms. The number of aryl methyl sites for hydroxylation is 3. The Morgan fingerprint density at radius 2 is 1.89 bits per heavy atom. The fraction of sp³-hybridized carbons (Fsp3) is 0.476. The van der Waals surface area contributed by atoms with Gasteiger partial charge in [0.25, 0.3) is 0 Å². The number of aromatic amines is 1. The summed E-state index contributed by atoms with van der Waals surface area (Å²) in [7, 11) is 0. The van der Waals surface area contributed by atoms with E-state index in [-0.39, 0.29) is 23.8 Å². The fourth-order valence-electron chi connectivity index (χ4n) is 3.90. The van der Waals surface area contributed by atoms with E-state index in [9.17, 15) is 9.59 Å². The van der Waals surface area contributed by atoms with Gasteiger partial charge in [0.15, 0.2) is 0 Å². The summed E-state index contributed by atoms with van der Waals surface area (Å²) in [5, 5.41) is 10.2. The molecule has 2 aromatic rings. The smallest absolute Gasteiger partial charge is 0.222 e. The SMILES string of the molecule is CC(=O)N[C@H]1CN(C(=O)CCc2c(C)n[nH]c2C)C[C@@H]1c1ccc(C)cc1. The van der Waals surface area contributed by atoms with Crippen molar-refractivity contribution < 1.29 is 9.59 Å². The van der Waals surface area contributed by atoms with Crippen LogP contribution in [0.15, 0.2) is 24.3 Å². The molecular weight excluding hydrogens is 340 g/mol. The summed E-state index contributed by atoms with van der Waals surface area (Å²) in [6, 6.07) is 8.30. The number of carbonyl (C=O) groups excluding carboxylic acids is 2. The van der Waals surface area contributed by atoms with Gasteiger partial charge in [-0.15, -0.1) is 0 Å². The number of rotatable bonds is 5. The second kappa shape index (κ2) is 7.94. The molecule has 0 bridgehead atoms. The molecule has 1 aliphatic rings. The van der Waals surface area contributed by atoms with Gasteiger partial charge in [-0.25, -0.2) is 0 Å². The summed E-state index contributed by atoms with van der Waals surface area (Å²) in [6.07, 6.45) is 1.14. The summed E-state index contributed by atoms with van der Waals surface area (Å²) in [6.45, 7) is 8.71. The Morgan fingerprint density at radius 1 is 1.19 bits per heavy atom. The molecule has 3 rings (SSSR count). The van der Waals surface area contributed by atoms with E-state index in [1.807, 2.05) is 18.7 Å². The molecule has 1 saturated heterocycles. The van der Waals surface area contributed by atoms with Gasteiger partial charge in [0.05, 0.1) is 11.7 Å². The molecule has 1 aromatic heterocycles. The highest BCUT2D eigenvalue weighted by molar-refractivity contribution is 5.78. The lowest BCUT2D eigenvalue weighted by Gasteiger charge is -2.19. The molecule has 2 heterocycles. The summed E-state index contributed by atoms with van der Waals surface area (Å²) in [4.78, 5) is 26.3. The molecule has 2 amide bonds. The first-order valence-electron chi connectivity index (χ1n) is 9.47. The minimum atomic E-state index is -0.0592. The van der Waals surface area contributed by atoms with Crippen molar-refractivity contribution in [2.45, 2.75) is 52.5 Å². The Balaban J connectivity index is 1.69. The molecule has 0 radical (unpaired) electrons. The summed E-state index contributed by atoms with van der Waals surface area (Å²) < 4.78 is 0. The van der Waals surface area contributed by atoms with Gasteiger partial charge in [-0.2, -0.15) is 5.10 Å². The molecule has 144 valence electrons. The molecule has 0 spiro atoms. The Labute approximate surface area is 160 Å². The number of nitrogens with one attached hydrogen (secondary N) is 2. The maximum absolute atomic E-state index is 12.8. The molecule has 1 aromatic carbocycles. The first-order valence-corrected chi connectivity index (χ1v) is 9.47. The van der Waals surface area contributed by atoms with E-state index in [0.717, 1.165) is 22.5 Å². The van der Waals surface area contributed by atoms with Crippen molar-refractivity contribution in [2.24, 2.45) is 0 Å². The molecule has 0 unspecified atom stereocenters. The van der Waals surface area contributed by atoms with E-state index >= 15 is 0 Å². The average Bonchev–Trinajstić information content (AvgIpc) is 3.17. The van der Waals surface area contributed by atoms with Gasteiger partial charge in [-0.05, 0) is 38.3 Å². The number of amides is 2. The van der Waals surface area contributed by atoms with Crippen molar-refractivity contribution in [1.82, 2.24) is 20.4 Å². The van der Waals surface area contributed by atoms with Crippen molar-refractivity contribution in [3.8, 4) is 0 Å². The van der Waals surface area contributed by atoms with Crippen LogP contribution in [0.25, 0.3) is 0 Å². The van der Waals surface area contributed by atoms with Gasteiger partial charge in [-0.3, -0.25) is 14.7 Å².